The molecule has 0 atom stereocenters. The molecule has 1 N–H and O–H groups in total. The van der Waals surface area contributed by atoms with Crippen LogP contribution in [0.4, 0.5) is 0 Å². The third kappa shape index (κ3) is 4.67. The third-order valence-electron chi connectivity index (χ3n) is 3.69. The van der Waals surface area contributed by atoms with E-state index in [0.717, 1.165) is 27.6 Å². The van der Waals surface area contributed by atoms with Gasteiger partial charge in [0.2, 0.25) is 0 Å². The predicted octanol–water partition coefficient (Wildman–Crippen LogP) is 4.27. The van der Waals surface area contributed by atoms with Crippen LogP contribution in [0.2, 0.25) is 0 Å². The first-order valence-electron chi connectivity index (χ1n) is 8.10. The van der Waals surface area contributed by atoms with E-state index in [1.54, 1.807) is 0 Å². The summed E-state index contributed by atoms with van der Waals surface area (Å²) in [6, 6.07) is 17.7. The van der Waals surface area contributed by atoms with Gasteiger partial charge in [-0.05, 0) is 37.1 Å². The van der Waals surface area contributed by atoms with E-state index in [2.05, 4.69) is 10.3 Å². The summed E-state index contributed by atoms with van der Waals surface area (Å²) in [7, 11) is 0. The van der Waals surface area contributed by atoms with E-state index in [9.17, 15) is 4.79 Å². The van der Waals surface area contributed by atoms with Crippen LogP contribution in [0.25, 0.3) is 0 Å². The molecule has 0 spiro atoms. The van der Waals surface area contributed by atoms with Crippen LogP contribution in [0.5, 0.6) is 5.75 Å². The summed E-state index contributed by atoms with van der Waals surface area (Å²) in [6.45, 7) is 4.74. The smallest absolute Gasteiger partial charge is 0.263 e. The minimum atomic E-state index is -0.0966. The normalized spacial score (nSPS) is 10.5. The first kappa shape index (κ1) is 17.2. The highest BCUT2D eigenvalue weighted by atomic mass is 32.1. The summed E-state index contributed by atoms with van der Waals surface area (Å²) < 4.78 is 5.77. The molecule has 3 aromatic rings. The minimum Gasteiger partial charge on any atom is -0.486 e. The van der Waals surface area contributed by atoms with E-state index in [-0.39, 0.29) is 5.91 Å². The van der Waals surface area contributed by atoms with Gasteiger partial charge in [-0.25, -0.2) is 4.98 Å². The maximum Gasteiger partial charge on any atom is 0.263 e. The van der Waals surface area contributed by atoms with Crippen molar-refractivity contribution in [3.05, 3.63) is 81.3 Å². The molecule has 0 bridgehead atoms. The van der Waals surface area contributed by atoms with Crippen molar-refractivity contribution in [2.75, 3.05) is 0 Å². The van der Waals surface area contributed by atoms with Crippen LogP contribution in [-0.4, -0.2) is 10.9 Å². The second-order valence-electron chi connectivity index (χ2n) is 5.80. The number of rotatable bonds is 6. The molecule has 1 amide bonds. The Morgan fingerprint density at radius 1 is 1.12 bits per heavy atom. The van der Waals surface area contributed by atoms with Gasteiger partial charge in [-0.1, -0.05) is 42.5 Å². The van der Waals surface area contributed by atoms with Gasteiger partial charge in [-0.2, -0.15) is 0 Å². The third-order valence-corrected chi connectivity index (χ3v) is 4.82. The fourth-order valence-electron chi connectivity index (χ4n) is 2.43. The number of nitrogens with zero attached hydrogens (tertiary/aromatic N) is 1. The van der Waals surface area contributed by atoms with Crippen molar-refractivity contribution in [1.29, 1.82) is 0 Å². The summed E-state index contributed by atoms with van der Waals surface area (Å²) in [5, 5.41) is 3.74. The van der Waals surface area contributed by atoms with Gasteiger partial charge in [0.05, 0.1) is 5.69 Å². The van der Waals surface area contributed by atoms with Gasteiger partial charge in [-0.15, -0.1) is 11.3 Å². The van der Waals surface area contributed by atoms with Gasteiger partial charge >= 0.3 is 0 Å². The van der Waals surface area contributed by atoms with Gasteiger partial charge in [-0.3, -0.25) is 4.79 Å². The van der Waals surface area contributed by atoms with Crippen molar-refractivity contribution >= 4 is 17.2 Å². The summed E-state index contributed by atoms with van der Waals surface area (Å²) in [5.41, 5.74) is 2.95. The van der Waals surface area contributed by atoms with E-state index in [4.69, 9.17) is 4.74 Å². The Kier molecular flexibility index (Phi) is 5.46. The molecule has 25 heavy (non-hydrogen) atoms. The fourth-order valence-corrected chi connectivity index (χ4v) is 3.33. The standard InChI is InChI=1S/C20H20N2O2S/c1-14-7-6-10-17(11-14)24-13-18-22-15(2)19(25-18)20(23)21-12-16-8-4-3-5-9-16/h3-11H,12-13H2,1-2H3,(H,21,23). The number of carbonyl (C=O) groups excluding carboxylic acids is 1. The Hall–Kier alpha value is -2.66. The predicted molar refractivity (Wildman–Crippen MR) is 100.0 cm³/mol. The number of aromatic nitrogens is 1. The van der Waals surface area contributed by atoms with Gasteiger partial charge < -0.3 is 10.1 Å². The van der Waals surface area contributed by atoms with Crippen molar-refractivity contribution in [1.82, 2.24) is 10.3 Å². The molecule has 1 heterocycles. The minimum absolute atomic E-state index is 0.0966. The number of amides is 1. The Labute approximate surface area is 151 Å². The molecular formula is C20H20N2O2S. The van der Waals surface area contributed by atoms with E-state index >= 15 is 0 Å². The van der Waals surface area contributed by atoms with Crippen LogP contribution < -0.4 is 10.1 Å². The zero-order valence-corrected chi connectivity index (χ0v) is 15.1. The largest absolute Gasteiger partial charge is 0.486 e. The van der Waals surface area contributed by atoms with Crippen LogP contribution in [0, 0.1) is 13.8 Å². The van der Waals surface area contributed by atoms with Gasteiger partial charge in [0.15, 0.2) is 0 Å². The highest BCUT2D eigenvalue weighted by molar-refractivity contribution is 7.13. The number of thiazole rings is 1. The first-order chi connectivity index (χ1) is 12.1. The van der Waals surface area contributed by atoms with Gasteiger partial charge in [0.25, 0.3) is 5.91 Å². The number of benzene rings is 2. The van der Waals surface area contributed by atoms with Gasteiger partial charge in [0.1, 0.15) is 22.2 Å². The van der Waals surface area contributed by atoms with E-state index in [0.29, 0.717) is 18.0 Å². The van der Waals surface area contributed by atoms with E-state index in [1.165, 1.54) is 11.3 Å². The number of aryl methyl sites for hydroxylation is 2. The van der Waals surface area contributed by atoms with Gasteiger partial charge in [0, 0.05) is 6.54 Å². The van der Waals surface area contributed by atoms with Crippen LogP contribution in [-0.2, 0) is 13.2 Å². The molecule has 128 valence electrons. The highest BCUT2D eigenvalue weighted by Crippen LogP contribution is 2.21. The summed E-state index contributed by atoms with van der Waals surface area (Å²) >= 11 is 1.38. The molecule has 0 unspecified atom stereocenters. The second kappa shape index (κ2) is 7.94. The number of ether oxygens (including phenoxy) is 1. The van der Waals surface area contributed by atoms with Crippen molar-refractivity contribution in [3.63, 3.8) is 0 Å². The summed E-state index contributed by atoms with van der Waals surface area (Å²) in [6.07, 6.45) is 0. The highest BCUT2D eigenvalue weighted by Gasteiger charge is 2.15. The lowest BCUT2D eigenvalue weighted by atomic mass is 10.2. The quantitative estimate of drug-likeness (QED) is 0.721. The Balaban J connectivity index is 1.60. The molecule has 0 aliphatic rings. The SMILES string of the molecule is Cc1cccc(OCc2nc(C)c(C(=O)NCc3ccccc3)s2)c1. The molecule has 0 radical (unpaired) electrons. The van der Waals surface area contributed by atoms with Crippen LogP contribution in [0.1, 0.15) is 31.5 Å². The average Bonchev–Trinajstić information content (AvgIpc) is 3.00. The van der Waals surface area contributed by atoms with Crippen LogP contribution in [0.3, 0.4) is 0 Å². The average molecular weight is 352 g/mol. The second-order valence-corrected chi connectivity index (χ2v) is 6.88. The molecule has 0 saturated heterocycles. The Morgan fingerprint density at radius 2 is 1.92 bits per heavy atom. The topological polar surface area (TPSA) is 51.2 Å². The molecule has 2 aromatic carbocycles. The monoisotopic (exact) mass is 352 g/mol. The lowest BCUT2D eigenvalue weighted by Gasteiger charge is -2.04. The molecule has 4 nitrogen and oxygen atoms in total. The first-order valence-corrected chi connectivity index (χ1v) is 8.91. The van der Waals surface area contributed by atoms with Crippen molar-refractivity contribution < 1.29 is 9.53 Å². The molecule has 1 aromatic heterocycles. The maximum absolute atomic E-state index is 12.4. The summed E-state index contributed by atoms with van der Waals surface area (Å²) in [5.74, 6) is 0.712. The van der Waals surface area contributed by atoms with Crippen molar-refractivity contribution in [2.24, 2.45) is 0 Å². The number of carbonyl (C=O) groups is 1. The van der Waals surface area contributed by atoms with Crippen molar-refractivity contribution in [2.45, 2.75) is 27.0 Å². The van der Waals surface area contributed by atoms with E-state index < -0.39 is 0 Å². The molecule has 0 fully saturated rings. The molecule has 3 rings (SSSR count). The molecule has 5 heteroatoms. The number of hydrogen-bond acceptors (Lipinski definition) is 4. The number of nitrogens with one attached hydrogen (secondary N) is 1. The fraction of sp³-hybridized carbons (Fsp3) is 0.200. The molecule has 0 aliphatic carbocycles. The van der Waals surface area contributed by atoms with Crippen LogP contribution >= 0.6 is 11.3 Å². The van der Waals surface area contributed by atoms with Crippen molar-refractivity contribution in [3.8, 4) is 5.75 Å². The molecular weight excluding hydrogens is 332 g/mol. The zero-order valence-electron chi connectivity index (χ0n) is 14.3. The molecule has 0 saturated carbocycles. The van der Waals surface area contributed by atoms with E-state index in [1.807, 2.05) is 68.4 Å². The number of hydrogen-bond donors (Lipinski definition) is 1. The summed E-state index contributed by atoms with van der Waals surface area (Å²) in [4.78, 5) is 17.5. The lowest BCUT2D eigenvalue weighted by molar-refractivity contribution is 0.0954. The molecule has 0 aliphatic heterocycles. The zero-order chi connectivity index (χ0) is 17.6. The maximum atomic E-state index is 12.4. The Morgan fingerprint density at radius 3 is 2.68 bits per heavy atom. The van der Waals surface area contributed by atoms with Crippen LogP contribution in [0.15, 0.2) is 54.6 Å². The Bertz CT molecular complexity index is 859. The lowest BCUT2D eigenvalue weighted by Crippen LogP contribution is -2.22.